The number of rotatable bonds is 1. The van der Waals surface area contributed by atoms with Crippen molar-refractivity contribution >= 4 is 11.0 Å². The fourth-order valence-electron chi connectivity index (χ4n) is 3.02. The van der Waals surface area contributed by atoms with Crippen LogP contribution in [0.4, 0.5) is 8.78 Å². The molecule has 0 amide bonds. The van der Waals surface area contributed by atoms with E-state index in [1.54, 1.807) is 0 Å². The maximum atomic E-state index is 13.2. The first-order chi connectivity index (χ1) is 8.47. The summed E-state index contributed by atoms with van der Waals surface area (Å²) in [7, 11) is 0. The molecule has 96 valence electrons. The van der Waals surface area contributed by atoms with Gasteiger partial charge in [0.25, 0.3) is 0 Å². The Bertz CT molecular complexity index is 562. The maximum Gasteiger partial charge on any atom is 0.161 e. The van der Waals surface area contributed by atoms with Crippen molar-refractivity contribution in [3.63, 3.8) is 0 Å². The van der Waals surface area contributed by atoms with Crippen molar-refractivity contribution in [2.24, 2.45) is 5.41 Å². The van der Waals surface area contributed by atoms with Gasteiger partial charge in [0.05, 0.1) is 11.0 Å². The van der Waals surface area contributed by atoms with Crippen LogP contribution in [0.25, 0.3) is 11.0 Å². The molecule has 0 spiro atoms. The van der Waals surface area contributed by atoms with E-state index in [1.165, 1.54) is 12.5 Å². The van der Waals surface area contributed by atoms with Gasteiger partial charge in [0, 0.05) is 18.1 Å². The Kier molecular flexibility index (Phi) is 2.44. The molecule has 1 aliphatic carbocycles. The lowest BCUT2D eigenvalue weighted by Crippen LogP contribution is -2.16. The predicted molar refractivity (Wildman–Crippen MR) is 66.4 cm³/mol. The van der Waals surface area contributed by atoms with E-state index in [0.29, 0.717) is 17.0 Å². The van der Waals surface area contributed by atoms with Crippen molar-refractivity contribution in [3.8, 4) is 0 Å². The molecule has 4 heteroatoms. The van der Waals surface area contributed by atoms with E-state index in [2.05, 4.69) is 23.8 Å². The SMILES string of the molecule is CC1(C)CCCC1c1nc2cc(F)c(F)cc2[nH]1. The average Bonchev–Trinajstić information content (AvgIpc) is 2.81. The number of nitrogens with zero attached hydrogens (tertiary/aromatic N) is 1. The highest BCUT2D eigenvalue weighted by molar-refractivity contribution is 5.75. The second-order valence-corrected chi connectivity index (χ2v) is 5.84. The van der Waals surface area contributed by atoms with Gasteiger partial charge in [-0.2, -0.15) is 0 Å². The molecule has 1 unspecified atom stereocenters. The number of halogens is 2. The normalized spacial score (nSPS) is 22.8. The van der Waals surface area contributed by atoms with Crippen LogP contribution in [0.15, 0.2) is 12.1 Å². The van der Waals surface area contributed by atoms with E-state index < -0.39 is 11.6 Å². The molecule has 18 heavy (non-hydrogen) atoms. The summed E-state index contributed by atoms with van der Waals surface area (Å²) in [5.74, 6) is -0.469. The van der Waals surface area contributed by atoms with Crippen molar-refractivity contribution in [1.82, 2.24) is 9.97 Å². The van der Waals surface area contributed by atoms with E-state index in [4.69, 9.17) is 0 Å². The van der Waals surface area contributed by atoms with E-state index in [1.807, 2.05) is 0 Å². The fraction of sp³-hybridized carbons (Fsp3) is 0.500. The van der Waals surface area contributed by atoms with E-state index >= 15 is 0 Å². The summed E-state index contributed by atoms with van der Waals surface area (Å²) >= 11 is 0. The highest BCUT2D eigenvalue weighted by Gasteiger charge is 2.37. The van der Waals surface area contributed by atoms with Crippen molar-refractivity contribution < 1.29 is 8.78 Å². The molecule has 1 aliphatic rings. The Labute approximate surface area is 104 Å². The summed E-state index contributed by atoms with van der Waals surface area (Å²) in [6, 6.07) is 2.34. The smallest absolute Gasteiger partial charge is 0.161 e. The quantitative estimate of drug-likeness (QED) is 0.809. The van der Waals surface area contributed by atoms with Gasteiger partial charge in [0.2, 0.25) is 0 Å². The van der Waals surface area contributed by atoms with Crippen LogP contribution < -0.4 is 0 Å². The second-order valence-electron chi connectivity index (χ2n) is 5.84. The number of imidazole rings is 1. The topological polar surface area (TPSA) is 28.7 Å². The average molecular weight is 250 g/mol. The molecule has 1 atom stereocenters. The molecule has 2 nitrogen and oxygen atoms in total. The summed E-state index contributed by atoms with van der Waals surface area (Å²) in [6.07, 6.45) is 3.42. The maximum absolute atomic E-state index is 13.2. The van der Waals surface area contributed by atoms with Crippen LogP contribution in [0.1, 0.15) is 44.9 Å². The van der Waals surface area contributed by atoms with Gasteiger partial charge in [0.1, 0.15) is 5.82 Å². The molecule has 3 rings (SSSR count). The van der Waals surface area contributed by atoms with Gasteiger partial charge in [-0.3, -0.25) is 0 Å². The Morgan fingerprint density at radius 2 is 2.00 bits per heavy atom. The molecule has 0 saturated heterocycles. The van der Waals surface area contributed by atoms with Crippen LogP contribution in [0, 0.1) is 17.0 Å². The minimum Gasteiger partial charge on any atom is -0.342 e. The third-order valence-corrected chi connectivity index (χ3v) is 4.13. The lowest BCUT2D eigenvalue weighted by Gasteiger charge is -2.24. The van der Waals surface area contributed by atoms with Crippen molar-refractivity contribution in [2.75, 3.05) is 0 Å². The molecule has 1 heterocycles. The molecule has 0 aliphatic heterocycles. The minimum atomic E-state index is -0.841. The van der Waals surface area contributed by atoms with E-state index in [-0.39, 0.29) is 5.41 Å². The predicted octanol–water partition coefficient (Wildman–Crippen LogP) is 4.13. The van der Waals surface area contributed by atoms with Gasteiger partial charge < -0.3 is 4.98 Å². The fourth-order valence-corrected chi connectivity index (χ4v) is 3.02. The first-order valence-corrected chi connectivity index (χ1v) is 6.32. The number of fused-ring (bicyclic) bond motifs is 1. The molecule has 1 fully saturated rings. The van der Waals surface area contributed by atoms with Gasteiger partial charge in [-0.15, -0.1) is 0 Å². The standard InChI is InChI=1S/C14H16F2N2/c1-14(2)5-3-4-8(14)13-17-11-6-9(15)10(16)7-12(11)18-13/h6-8H,3-5H2,1-2H3,(H,17,18). The summed E-state index contributed by atoms with van der Waals surface area (Å²) in [4.78, 5) is 7.57. The molecule has 0 bridgehead atoms. The Morgan fingerprint density at radius 3 is 2.67 bits per heavy atom. The van der Waals surface area contributed by atoms with Crippen molar-refractivity contribution in [3.05, 3.63) is 29.6 Å². The summed E-state index contributed by atoms with van der Waals surface area (Å²) in [5, 5.41) is 0. The summed E-state index contributed by atoms with van der Waals surface area (Å²) in [6.45, 7) is 4.44. The Morgan fingerprint density at radius 1 is 1.28 bits per heavy atom. The molecular formula is C14H16F2N2. The number of hydrogen-bond acceptors (Lipinski definition) is 1. The zero-order valence-electron chi connectivity index (χ0n) is 10.6. The first-order valence-electron chi connectivity index (χ1n) is 6.32. The zero-order valence-corrected chi connectivity index (χ0v) is 10.6. The number of hydrogen-bond donors (Lipinski definition) is 1. The second kappa shape index (κ2) is 3.77. The third-order valence-electron chi connectivity index (χ3n) is 4.13. The molecule has 0 radical (unpaired) electrons. The number of nitrogens with one attached hydrogen (secondary N) is 1. The zero-order chi connectivity index (χ0) is 12.9. The van der Waals surface area contributed by atoms with Gasteiger partial charge in [-0.25, -0.2) is 13.8 Å². The van der Waals surface area contributed by atoms with Crippen molar-refractivity contribution in [1.29, 1.82) is 0 Å². The van der Waals surface area contributed by atoms with E-state index in [9.17, 15) is 8.78 Å². The van der Waals surface area contributed by atoms with Gasteiger partial charge in [-0.05, 0) is 18.3 Å². The number of aromatic nitrogens is 2. The minimum absolute atomic E-state index is 0.199. The van der Waals surface area contributed by atoms with Crippen LogP contribution >= 0.6 is 0 Å². The first kappa shape index (κ1) is 11.6. The van der Waals surface area contributed by atoms with Crippen molar-refractivity contribution in [2.45, 2.75) is 39.0 Å². The number of H-pyrrole nitrogens is 1. The molecule has 1 aromatic carbocycles. The highest BCUT2D eigenvalue weighted by Crippen LogP contribution is 2.48. The van der Waals surface area contributed by atoms with Crippen LogP contribution in [0.3, 0.4) is 0 Å². The van der Waals surface area contributed by atoms with Crippen LogP contribution in [0.5, 0.6) is 0 Å². The van der Waals surface area contributed by atoms with Gasteiger partial charge >= 0.3 is 0 Å². The summed E-state index contributed by atoms with van der Waals surface area (Å²) < 4.78 is 26.3. The molecule has 1 N–H and O–H groups in total. The summed E-state index contributed by atoms with van der Waals surface area (Å²) in [5.41, 5.74) is 1.28. The Balaban J connectivity index is 2.08. The lowest BCUT2D eigenvalue weighted by molar-refractivity contribution is 0.324. The monoisotopic (exact) mass is 250 g/mol. The third kappa shape index (κ3) is 1.71. The van der Waals surface area contributed by atoms with Crippen LogP contribution in [-0.4, -0.2) is 9.97 Å². The molecule has 1 saturated carbocycles. The molecule has 2 aromatic rings. The Hall–Kier alpha value is -1.45. The van der Waals surface area contributed by atoms with Crippen LogP contribution in [0.2, 0.25) is 0 Å². The number of aromatic amines is 1. The van der Waals surface area contributed by atoms with Gasteiger partial charge in [-0.1, -0.05) is 20.3 Å². The highest BCUT2D eigenvalue weighted by atomic mass is 19.2. The van der Waals surface area contributed by atoms with E-state index in [0.717, 1.165) is 24.7 Å². The molecular weight excluding hydrogens is 234 g/mol. The molecule has 1 aromatic heterocycles. The largest absolute Gasteiger partial charge is 0.342 e. The lowest BCUT2D eigenvalue weighted by atomic mass is 9.81. The number of benzene rings is 1. The van der Waals surface area contributed by atoms with Gasteiger partial charge in [0.15, 0.2) is 11.6 Å². The van der Waals surface area contributed by atoms with Crippen LogP contribution in [-0.2, 0) is 0 Å².